The van der Waals surface area contributed by atoms with Crippen molar-refractivity contribution < 1.29 is 13.2 Å². The topological polar surface area (TPSA) is 82.1 Å². The normalized spacial score (nSPS) is 18.9. The fraction of sp³-hybridized carbons (Fsp3) is 0.583. The SMILES string of the molecule is CCC1=C(c2ccc(C)cc2)S(=O)(=O)N=C1N1CCC(C(=O)NCCN(CC)CC)CC1. The number of amides is 1. The number of aryl methyl sites for hydroxylation is 1. The van der Waals surface area contributed by atoms with Crippen LogP contribution in [0, 0.1) is 12.8 Å². The summed E-state index contributed by atoms with van der Waals surface area (Å²) < 4.78 is 30.0. The van der Waals surface area contributed by atoms with Gasteiger partial charge in [-0.1, -0.05) is 50.6 Å². The molecule has 1 aromatic carbocycles. The van der Waals surface area contributed by atoms with Crippen LogP contribution in [0.15, 0.2) is 34.2 Å². The summed E-state index contributed by atoms with van der Waals surface area (Å²) in [4.78, 5) is 17.2. The first-order chi connectivity index (χ1) is 15.3. The number of nitrogens with one attached hydrogen (secondary N) is 1. The largest absolute Gasteiger partial charge is 0.356 e. The molecule has 32 heavy (non-hydrogen) atoms. The molecular weight excluding hydrogens is 424 g/mol. The molecule has 2 aliphatic rings. The van der Waals surface area contributed by atoms with Crippen LogP contribution in [0.5, 0.6) is 0 Å². The van der Waals surface area contributed by atoms with Crippen molar-refractivity contribution in [1.82, 2.24) is 15.1 Å². The van der Waals surface area contributed by atoms with Crippen LogP contribution in [-0.2, 0) is 14.8 Å². The number of amidine groups is 1. The Kier molecular flexibility index (Phi) is 8.11. The number of hydrogen-bond acceptors (Lipinski definition) is 5. The van der Waals surface area contributed by atoms with Crippen molar-refractivity contribution in [2.75, 3.05) is 39.3 Å². The maximum atomic E-state index is 12.9. The van der Waals surface area contributed by atoms with E-state index in [4.69, 9.17) is 0 Å². The fourth-order valence-corrected chi connectivity index (χ4v) is 5.97. The van der Waals surface area contributed by atoms with E-state index in [0.717, 1.165) is 30.8 Å². The first kappa shape index (κ1) is 24.5. The van der Waals surface area contributed by atoms with Crippen molar-refractivity contribution in [1.29, 1.82) is 0 Å². The Labute approximate surface area is 192 Å². The molecule has 7 nitrogen and oxygen atoms in total. The number of sulfonamides is 1. The van der Waals surface area contributed by atoms with E-state index in [2.05, 4.69) is 28.5 Å². The van der Waals surface area contributed by atoms with Gasteiger partial charge in [-0.05, 0) is 44.8 Å². The summed E-state index contributed by atoms with van der Waals surface area (Å²) in [5.41, 5.74) is 2.55. The van der Waals surface area contributed by atoms with Crippen LogP contribution in [0.3, 0.4) is 0 Å². The van der Waals surface area contributed by atoms with Crippen molar-refractivity contribution in [3.8, 4) is 0 Å². The number of hydrogen-bond donors (Lipinski definition) is 1. The van der Waals surface area contributed by atoms with Crippen molar-refractivity contribution in [3.05, 3.63) is 41.0 Å². The second-order valence-electron chi connectivity index (χ2n) is 8.50. The summed E-state index contributed by atoms with van der Waals surface area (Å²) in [6, 6.07) is 7.55. The van der Waals surface area contributed by atoms with Crippen molar-refractivity contribution in [3.63, 3.8) is 0 Å². The van der Waals surface area contributed by atoms with Gasteiger partial charge in [-0.15, -0.1) is 4.40 Å². The van der Waals surface area contributed by atoms with Crippen LogP contribution < -0.4 is 5.32 Å². The monoisotopic (exact) mass is 460 g/mol. The zero-order chi connectivity index (χ0) is 23.3. The minimum absolute atomic E-state index is 0.0350. The molecule has 176 valence electrons. The summed E-state index contributed by atoms with van der Waals surface area (Å²) in [6.07, 6.45) is 1.99. The van der Waals surface area contributed by atoms with E-state index >= 15 is 0 Å². The van der Waals surface area contributed by atoms with Crippen LogP contribution in [0.4, 0.5) is 0 Å². The van der Waals surface area contributed by atoms with Gasteiger partial charge in [0.15, 0.2) is 0 Å². The highest BCUT2D eigenvalue weighted by Crippen LogP contribution is 2.36. The van der Waals surface area contributed by atoms with E-state index in [-0.39, 0.29) is 11.8 Å². The maximum Gasteiger partial charge on any atom is 0.285 e. The number of carbonyl (C=O) groups excluding carboxylic acids is 1. The van der Waals surface area contributed by atoms with E-state index < -0.39 is 10.0 Å². The van der Waals surface area contributed by atoms with Crippen molar-refractivity contribution >= 4 is 26.7 Å². The minimum Gasteiger partial charge on any atom is -0.356 e. The van der Waals surface area contributed by atoms with Crippen LogP contribution in [-0.4, -0.2) is 69.2 Å². The van der Waals surface area contributed by atoms with Crippen molar-refractivity contribution in [2.45, 2.75) is 47.0 Å². The van der Waals surface area contributed by atoms with Crippen LogP contribution in [0.2, 0.25) is 0 Å². The molecule has 0 atom stereocenters. The lowest BCUT2D eigenvalue weighted by molar-refractivity contribution is -0.126. The predicted octanol–water partition coefficient (Wildman–Crippen LogP) is 3.03. The molecule has 2 heterocycles. The first-order valence-corrected chi connectivity index (χ1v) is 13.1. The van der Waals surface area contributed by atoms with E-state index in [1.165, 1.54) is 0 Å². The van der Waals surface area contributed by atoms with Crippen LogP contribution in [0.1, 0.15) is 51.2 Å². The Balaban J connectivity index is 1.66. The highest BCUT2D eigenvalue weighted by atomic mass is 32.2. The number of nitrogens with zero attached hydrogens (tertiary/aromatic N) is 3. The zero-order valence-electron chi connectivity index (χ0n) is 19.7. The summed E-state index contributed by atoms with van der Waals surface area (Å²) in [6.45, 7) is 12.9. The number of likely N-dealkylation sites (N-methyl/N-ethyl adjacent to an activating group) is 1. The fourth-order valence-electron chi connectivity index (χ4n) is 4.44. The molecule has 0 unspecified atom stereocenters. The highest BCUT2D eigenvalue weighted by molar-refractivity contribution is 8.00. The van der Waals surface area contributed by atoms with Gasteiger partial charge in [0, 0.05) is 37.7 Å². The van der Waals surface area contributed by atoms with Gasteiger partial charge in [-0.3, -0.25) is 4.79 Å². The summed E-state index contributed by atoms with van der Waals surface area (Å²) in [7, 11) is -3.73. The Hall–Kier alpha value is -2.19. The molecule has 0 spiro atoms. The Morgan fingerprint density at radius 1 is 1.12 bits per heavy atom. The molecule has 1 aromatic rings. The lowest BCUT2D eigenvalue weighted by atomic mass is 9.95. The van der Waals surface area contributed by atoms with Gasteiger partial charge in [-0.2, -0.15) is 8.42 Å². The van der Waals surface area contributed by atoms with Gasteiger partial charge in [0.05, 0.1) is 0 Å². The standard InChI is InChI=1S/C24H36N4O3S/c1-5-21-22(19-10-8-18(4)9-11-19)32(30,31)26-23(21)28-15-12-20(13-16-28)24(29)25-14-17-27(6-2)7-3/h8-11,20H,5-7,12-17H2,1-4H3,(H,25,29). The molecule has 2 aliphatic heterocycles. The third kappa shape index (κ3) is 5.41. The third-order valence-corrected chi connectivity index (χ3v) is 7.87. The van der Waals surface area contributed by atoms with E-state index in [9.17, 15) is 13.2 Å². The highest BCUT2D eigenvalue weighted by Gasteiger charge is 2.36. The molecule has 3 rings (SSSR count). The molecule has 1 N–H and O–H groups in total. The summed E-state index contributed by atoms with van der Waals surface area (Å²) in [5.74, 6) is 0.625. The average molecular weight is 461 g/mol. The molecule has 1 fully saturated rings. The van der Waals surface area contributed by atoms with Gasteiger partial charge >= 0.3 is 0 Å². The Bertz CT molecular complexity index is 971. The zero-order valence-corrected chi connectivity index (χ0v) is 20.5. The predicted molar refractivity (Wildman–Crippen MR) is 130 cm³/mol. The van der Waals surface area contributed by atoms with Gasteiger partial charge in [-0.25, -0.2) is 0 Å². The smallest absolute Gasteiger partial charge is 0.285 e. The molecule has 0 saturated carbocycles. The summed E-state index contributed by atoms with van der Waals surface area (Å²) >= 11 is 0. The molecule has 0 aliphatic carbocycles. The number of rotatable bonds is 8. The molecule has 0 bridgehead atoms. The van der Waals surface area contributed by atoms with E-state index in [0.29, 0.717) is 55.2 Å². The molecule has 0 aromatic heterocycles. The molecule has 1 saturated heterocycles. The van der Waals surface area contributed by atoms with E-state index in [1.807, 2.05) is 43.0 Å². The number of benzene rings is 1. The van der Waals surface area contributed by atoms with Gasteiger partial charge in [0.1, 0.15) is 10.7 Å². The van der Waals surface area contributed by atoms with Gasteiger partial charge in [0.2, 0.25) is 5.91 Å². The van der Waals surface area contributed by atoms with Crippen LogP contribution in [0.25, 0.3) is 4.91 Å². The molecule has 1 amide bonds. The number of carbonyl (C=O) groups is 1. The number of piperidine rings is 1. The van der Waals surface area contributed by atoms with E-state index in [1.54, 1.807) is 0 Å². The lowest BCUT2D eigenvalue weighted by Gasteiger charge is -2.33. The van der Waals surface area contributed by atoms with Crippen LogP contribution >= 0.6 is 0 Å². The summed E-state index contributed by atoms with van der Waals surface area (Å²) in [5, 5.41) is 3.07. The van der Waals surface area contributed by atoms with Crippen molar-refractivity contribution in [2.24, 2.45) is 10.3 Å². The molecular formula is C24H36N4O3S. The maximum absolute atomic E-state index is 12.9. The lowest BCUT2D eigenvalue weighted by Crippen LogP contribution is -2.44. The number of likely N-dealkylation sites (tertiary alicyclic amines) is 1. The molecule has 0 radical (unpaired) electrons. The second kappa shape index (κ2) is 10.6. The van der Waals surface area contributed by atoms with Gasteiger partial charge in [0.25, 0.3) is 10.0 Å². The average Bonchev–Trinajstić information content (AvgIpc) is 3.07. The molecule has 8 heteroatoms. The second-order valence-corrected chi connectivity index (χ2v) is 10.0. The third-order valence-electron chi connectivity index (χ3n) is 6.46. The first-order valence-electron chi connectivity index (χ1n) is 11.7. The Morgan fingerprint density at radius 2 is 1.75 bits per heavy atom. The minimum atomic E-state index is -3.73. The Morgan fingerprint density at radius 3 is 2.31 bits per heavy atom. The van der Waals surface area contributed by atoms with Gasteiger partial charge < -0.3 is 15.1 Å². The quantitative estimate of drug-likeness (QED) is 0.645.